The number of rotatable bonds is 7. The standard InChI is InChI=1S/C23H24N2O2S/c1-16(2)14-24-22(27)21-19(18-11-7-4-8-12-18)15-28-23(21)25-20(26)13-17-9-5-3-6-10-17/h3-12,15-16H,13-14H2,1-2H3,(H,24,27)(H,25,26). The maximum atomic E-state index is 12.9. The summed E-state index contributed by atoms with van der Waals surface area (Å²) in [5, 5.41) is 8.42. The maximum Gasteiger partial charge on any atom is 0.254 e. The third kappa shape index (κ3) is 5.08. The minimum atomic E-state index is -0.163. The van der Waals surface area contributed by atoms with Crippen LogP contribution >= 0.6 is 11.3 Å². The summed E-state index contributed by atoms with van der Waals surface area (Å²) in [6.45, 7) is 4.68. The summed E-state index contributed by atoms with van der Waals surface area (Å²) >= 11 is 1.38. The van der Waals surface area contributed by atoms with E-state index in [9.17, 15) is 9.59 Å². The SMILES string of the molecule is CC(C)CNC(=O)c1c(-c2ccccc2)csc1NC(=O)Cc1ccccc1. The van der Waals surface area contributed by atoms with Gasteiger partial charge in [-0.2, -0.15) is 0 Å². The van der Waals surface area contributed by atoms with Crippen LogP contribution in [0.3, 0.4) is 0 Å². The van der Waals surface area contributed by atoms with Gasteiger partial charge in [0.05, 0.1) is 12.0 Å². The van der Waals surface area contributed by atoms with Gasteiger partial charge in [0.15, 0.2) is 0 Å². The first-order chi connectivity index (χ1) is 13.5. The smallest absolute Gasteiger partial charge is 0.254 e. The van der Waals surface area contributed by atoms with Gasteiger partial charge in [0.25, 0.3) is 5.91 Å². The molecular weight excluding hydrogens is 368 g/mol. The fourth-order valence-corrected chi connectivity index (χ4v) is 3.83. The van der Waals surface area contributed by atoms with Crippen LogP contribution in [0.1, 0.15) is 29.8 Å². The van der Waals surface area contributed by atoms with Gasteiger partial charge in [0, 0.05) is 17.5 Å². The molecule has 0 unspecified atom stereocenters. The van der Waals surface area contributed by atoms with Crippen molar-refractivity contribution in [2.45, 2.75) is 20.3 Å². The summed E-state index contributed by atoms with van der Waals surface area (Å²) in [5.74, 6) is 0.0493. The second kappa shape index (κ2) is 9.33. The number of anilines is 1. The molecule has 0 aliphatic carbocycles. The number of thiophene rings is 1. The highest BCUT2D eigenvalue weighted by molar-refractivity contribution is 7.15. The maximum absolute atomic E-state index is 12.9. The van der Waals surface area contributed by atoms with Crippen molar-refractivity contribution < 1.29 is 9.59 Å². The molecule has 1 heterocycles. The van der Waals surface area contributed by atoms with E-state index in [1.165, 1.54) is 11.3 Å². The highest BCUT2D eigenvalue weighted by Crippen LogP contribution is 2.35. The Kier molecular flexibility index (Phi) is 6.61. The van der Waals surface area contributed by atoms with Crippen molar-refractivity contribution in [3.05, 3.63) is 77.2 Å². The topological polar surface area (TPSA) is 58.2 Å². The average molecular weight is 393 g/mol. The normalized spacial score (nSPS) is 10.7. The molecular formula is C23H24N2O2S. The van der Waals surface area contributed by atoms with Crippen LogP contribution in [0.5, 0.6) is 0 Å². The number of amides is 2. The summed E-state index contributed by atoms with van der Waals surface area (Å²) in [6, 6.07) is 19.3. The zero-order chi connectivity index (χ0) is 19.9. The van der Waals surface area contributed by atoms with E-state index in [4.69, 9.17) is 0 Å². The fourth-order valence-electron chi connectivity index (χ4n) is 2.84. The molecule has 1 aromatic heterocycles. The van der Waals surface area contributed by atoms with Crippen molar-refractivity contribution in [3.8, 4) is 11.1 Å². The number of carbonyl (C=O) groups is 2. The van der Waals surface area contributed by atoms with Crippen molar-refractivity contribution in [2.24, 2.45) is 5.92 Å². The van der Waals surface area contributed by atoms with E-state index in [0.717, 1.165) is 16.7 Å². The van der Waals surface area contributed by atoms with Crippen LogP contribution in [0.4, 0.5) is 5.00 Å². The van der Waals surface area contributed by atoms with Gasteiger partial charge < -0.3 is 10.6 Å². The van der Waals surface area contributed by atoms with Crippen LogP contribution in [0.25, 0.3) is 11.1 Å². The zero-order valence-electron chi connectivity index (χ0n) is 16.1. The van der Waals surface area contributed by atoms with Gasteiger partial charge in [0.2, 0.25) is 5.91 Å². The Morgan fingerprint density at radius 3 is 2.25 bits per heavy atom. The van der Waals surface area contributed by atoms with E-state index in [2.05, 4.69) is 24.5 Å². The van der Waals surface area contributed by atoms with E-state index in [-0.39, 0.29) is 18.2 Å². The second-order valence-corrected chi connectivity index (χ2v) is 7.91. The summed E-state index contributed by atoms with van der Waals surface area (Å²) in [5.41, 5.74) is 3.25. The Morgan fingerprint density at radius 2 is 1.61 bits per heavy atom. The molecule has 0 spiro atoms. The lowest BCUT2D eigenvalue weighted by molar-refractivity contribution is -0.115. The van der Waals surface area contributed by atoms with Crippen molar-refractivity contribution in [3.63, 3.8) is 0 Å². The molecule has 4 nitrogen and oxygen atoms in total. The lowest BCUT2D eigenvalue weighted by Crippen LogP contribution is -2.28. The van der Waals surface area contributed by atoms with Crippen LogP contribution in [-0.4, -0.2) is 18.4 Å². The van der Waals surface area contributed by atoms with Gasteiger partial charge in [-0.3, -0.25) is 9.59 Å². The van der Waals surface area contributed by atoms with E-state index in [1.807, 2.05) is 66.0 Å². The first-order valence-corrected chi connectivity index (χ1v) is 10.2. The molecule has 28 heavy (non-hydrogen) atoms. The quantitative estimate of drug-likeness (QED) is 0.596. The molecule has 0 atom stereocenters. The molecule has 0 radical (unpaired) electrons. The molecule has 3 rings (SSSR count). The molecule has 0 saturated carbocycles. The lowest BCUT2D eigenvalue weighted by Gasteiger charge is -2.11. The van der Waals surface area contributed by atoms with Crippen LogP contribution in [0.2, 0.25) is 0 Å². The Bertz CT molecular complexity index is 934. The molecule has 5 heteroatoms. The van der Waals surface area contributed by atoms with Gasteiger partial charge in [-0.1, -0.05) is 74.5 Å². The highest BCUT2D eigenvalue weighted by Gasteiger charge is 2.21. The second-order valence-electron chi connectivity index (χ2n) is 7.03. The Hall–Kier alpha value is -2.92. The Labute approximate surface area is 169 Å². The van der Waals surface area contributed by atoms with Gasteiger partial charge in [-0.15, -0.1) is 11.3 Å². The molecule has 3 aromatic rings. The van der Waals surface area contributed by atoms with Gasteiger partial charge in [-0.25, -0.2) is 0 Å². The molecule has 144 valence electrons. The minimum absolute atomic E-state index is 0.134. The molecule has 2 aromatic carbocycles. The largest absolute Gasteiger partial charge is 0.352 e. The number of nitrogens with one attached hydrogen (secondary N) is 2. The Balaban J connectivity index is 1.86. The summed E-state index contributed by atoms with van der Waals surface area (Å²) < 4.78 is 0. The van der Waals surface area contributed by atoms with Crippen molar-refractivity contribution in [1.82, 2.24) is 5.32 Å². The first-order valence-electron chi connectivity index (χ1n) is 9.33. The van der Waals surface area contributed by atoms with E-state index in [1.54, 1.807) is 0 Å². The number of benzene rings is 2. The summed E-state index contributed by atoms with van der Waals surface area (Å²) in [4.78, 5) is 25.4. The molecule has 0 saturated heterocycles. The lowest BCUT2D eigenvalue weighted by atomic mass is 10.0. The number of carbonyl (C=O) groups excluding carboxylic acids is 2. The third-order valence-corrected chi connectivity index (χ3v) is 5.13. The van der Waals surface area contributed by atoms with Crippen LogP contribution in [-0.2, 0) is 11.2 Å². The Morgan fingerprint density at radius 1 is 0.964 bits per heavy atom. The van der Waals surface area contributed by atoms with Gasteiger partial charge >= 0.3 is 0 Å². The van der Waals surface area contributed by atoms with Crippen molar-refractivity contribution in [2.75, 3.05) is 11.9 Å². The van der Waals surface area contributed by atoms with Crippen LogP contribution in [0.15, 0.2) is 66.0 Å². The van der Waals surface area contributed by atoms with Crippen LogP contribution in [0, 0.1) is 5.92 Å². The first kappa shape index (κ1) is 19.8. The molecule has 2 amide bonds. The zero-order valence-corrected chi connectivity index (χ0v) is 16.9. The van der Waals surface area contributed by atoms with E-state index in [0.29, 0.717) is 23.0 Å². The average Bonchev–Trinajstić information content (AvgIpc) is 3.11. The summed E-state index contributed by atoms with van der Waals surface area (Å²) in [6.07, 6.45) is 0.270. The third-order valence-electron chi connectivity index (χ3n) is 4.23. The van der Waals surface area contributed by atoms with Crippen molar-refractivity contribution in [1.29, 1.82) is 0 Å². The molecule has 0 bridgehead atoms. The van der Waals surface area contributed by atoms with Crippen molar-refractivity contribution >= 4 is 28.2 Å². The molecule has 0 aliphatic rings. The highest BCUT2D eigenvalue weighted by atomic mass is 32.1. The van der Waals surface area contributed by atoms with E-state index >= 15 is 0 Å². The summed E-state index contributed by atoms with van der Waals surface area (Å²) in [7, 11) is 0. The molecule has 2 N–H and O–H groups in total. The monoisotopic (exact) mass is 392 g/mol. The fraction of sp³-hybridized carbons (Fsp3) is 0.217. The minimum Gasteiger partial charge on any atom is -0.352 e. The van der Waals surface area contributed by atoms with Crippen LogP contribution < -0.4 is 10.6 Å². The van der Waals surface area contributed by atoms with Gasteiger partial charge in [-0.05, 0) is 17.0 Å². The predicted molar refractivity (Wildman–Crippen MR) is 116 cm³/mol. The molecule has 0 aliphatic heterocycles. The molecule has 0 fully saturated rings. The predicted octanol–water partition coefficient (Wildman–Crippen LogP) is 4.98. The van der Waals surface area contributed by atoms with Gasteiger partial charge in [0.1, 0.15) is 5.00 Å². The van der Waals surface area contributed by atoms with E-state index < -0.39 is 0 Å². The number of hydrogen-bond donors (Lipinski definition) is 2. The number of hydrogen-bond acceptors (Lipinski definition) is 3.